The number of para-hydroxylation sites is 1. The zero-order valence-corrected chi connectivity index (χ0v) is 16.0. The summed E-state index contributed by atoms with van der Waals surface area (Å²) in [5.41, 5.74) is 2.33. The fourth-order valence-electron chi connectivity index (χ4n) is 2.36. The molecule has 0 aliphatic heterocycles. The van der Waals surface area contributed by atoms with Crippen LogP contribution < -0.4 is 10.6 Å². The van der Waals surface area contributed by atoms with Gasteiger partial charge in [-0.2, -0.15) is 5.26 Å². The molecule has 4 nitrogen and oxygen atoms in total. The van der Waals surface area contributed by atoms with E-state index < -0.39 is 5.91 Å². The van der Waals surface area contributed by atoms with Crippen LogP contribution in [-0.4, -0.2) is 5.91 Å². The lowest BCUT2D eigenvalue weighted by molar-refractivity contribution is -0.112. The second-order valence-electron chi connectivity index (χ2n) is 5.79. The number of carbonyl (C=O) groups is 1. The zero-order valence-electron chi connectivity index (χ0n) is 14.5. The van der Waals surface area contributed by atoms with Gasteiger partial charge in [-0.05, 0) is 42.2 Å². The van der Waals surface area contributed by atoms with E-state index >= 15 is 0 Å². The molecular weight excluding hydrogens is 369 g/mol. The van der Waals surface area contributed by atoms with Crippen LogP contribution in [0.2, 0.25) is 10.0 Å². The molecule has 26 heavy (non-hydrogen) atoms. The van der Waals surface area contributed by atoms with Gasteiger partial charge in [0, 0.05) is 16.9 Å². The number of hydrogen-bond acceptors (Lipinski definition) is 3. The molecule has 0 aliphatic rings. The quantitative estimate of drug-likeness (QED) is 0.474. The summed E-state index contributed by atoms with van der Waals surface area (Å²) in [6, 6.07) is 14.4. The highest BCUT2D eigenvalue weighted by molar-refractivity contribution is 6.36. The first kappa shape index (κ1) is 19.8. The highest BCUT2D eigenvalue weighted by Gasteiger charge is 2.13. The van der Waals surface area contributed by atoms with E-state index in [1.54, 1.807) is 12.1 Å². The van der Waals surface area contributed by atoms with Crippen molar-refractivity contribution in [2.75, 3.05) is 10.6 Å². The van der Waals surface area contributed by atoms with Crippen LogP contribution in [0.1, 0.15) is 31.7 Å². The molecule has 0 aliphatic carbocycles. The van der Waals surface area contributed by atoms with Gasteiger partial charge in [0.2, 0.25) is 0 Å². The standard InChI is InChI=1S/C20H19Cl2N3O/c1-3-13(2)16-6-4-5-7-18(16)24-12-14(11-23)20(26)25-19-9-8-15(21)10-17(19)22/h4-10,12-13,24H,3H2,1-2H3,(H,25,26)/b14-12-. The third-order valence-electron chi connectivity index (χ3n) is 4.02. The van der Waals surface area contributed by atoms with Gasteiger partial charge in [0.1, 0.15) is 11.6 Å². The van der Waals surface area contributed by atoms with E-state index in [0.29, 0.717) is 21.7 Å². The van der Waals surface area contributed by atoms with Crippen LogP contribution in [0, 0.1) is 11.3 Å². The minimum atomic E-state index is -0.551. The van der Waals surface area contributed by atoms with Gasteiger partial charge in [-0.15, -0.1) is 0 Å². The van der Waals surface area contributed by atoms with E-state index in [9.17, 15) is 10.1 Å². The van der Waals surface area contributed by atoms with Gasteiger partial charge in [-0.25, -0.2) is 0 Å². The fourth-order valence-corrected chi connectivity index (χ4v) is 2.81. The molecule has 0 radical (unpaired) electrons. The summed E-state index contributed by atoms with van der Waals surface area (Å²) in [5.74, 6) is -0.190. The van der Waals surface area contributed by atoms with E-state index in [-0.39, 0.29) is 5.57 Å². The Balaban J connectivity index is 2.18. The molecule has 1 unspecified atom stereocenters. The molecule has 2 rings (SSSR count). The minimum absolute atomic E-state index is 0.0602. The molecule has 0 fully saturated rings. The molecule has 0 aromatic heterocycles. The average Bonchev–Trinajstić information content (AvgIpc) is 2.64. The SMILES string of the molecule is CCC(C)c1ccccc1N/C=C(/C#N)C(=O)Nc1ccc(Cl)cc1Cl. The van der Waals surface area contributed by atoms with Crippen molar-refractivity contribution in [1.82, 2.24) is 0 Å². The smallest absolute Gasteiger partial charge is 0.267 e. The predicted molar refractivity (Wildman–Crippen MR) is 108 cm³/mol. The molecule has 0 heterocycles. The van der Waals surface area contributed by atoms with Gasteiger partial charge in [-0.3, -0.25) is 4.79 Å². The Morgan fingerprint density at radius 1 is 1.23 bits per heavy atom. The molecule has 2 aromatic rings. The van der Waals surface area contributed by atoms with Crippen molar-refractivity contribution in [3.05, 3.63) is 69.8 Å². The van der Waals surface area contributed by atoms with Crippen molar-refractivity contribution in [2.45, 2.75) is 26.2 Å². The number of nitrogens with one attached hydrogen (secondary N) is 2. The van der Waals surface area contributed by atoms with Crippen molar-refractivity contribution in [2.24, 2.45) is 0 Å². The molecule has 0 saturated heterocycles. The summed E-state index contributed by atoms with van der Waals surface area (Å²) >= 11 is 11.9. The minimum Gasteiger partial charge on any atom is -0.360 e. The Morgan fingerprint density at radius 2 is 1.96 bits per heavy atom. The maximum absolute atomic E-state index is 12.3. The van der Waals surface area contributed by atoms with Crippen LogP contribution in [0.15, 0.2) is 54.2 Å². The predicted octanol–water partition coefficient (Wildman–Crippen LogP) is 5.96. The monoisotopic (exact) mass is 387 g/mol. The number of benzene rings is 2. The number of hydrogen-bond donors (Lipinski definition) is 2. The zero-order chi connectivity index (χ0) is 19.1. The van der Waals surface area contributed by atoms with Crippen molar-refractivity contribution in [1.29, 1.82) is 5.26 Å². The fraction of sp³-hybridized carbons (Fsp3) is 0.200. The van der Waals surface area contributed by atoms with Gasteiger partial charge in [-0.1, -0.05) is 55.2 Å². The van der Waals surface area contributed by atoms with Gasteiger partial charge in [0.05, 0.1) is 10.7 Å². The van der Waals surface area contributed by atoms with E-state index in [1.165, 1.54) is 12.3 Å². The van der Waals surface area contributed by atoms with E-state index in [0.717, 1.165) is 17.7 Å². The van der Waals surface area contributed by atoms with Crippen LogP contribution >= 0.6 is 23.2 Å². The highest BCUT2D eigenvalue weighted by atomic mass is 35.5. The molecule has 2 aromatic carbocycles. The maximum Gasteiger partial charge on any atom is 0.267 e. The first-order chi connectivity index (χ1) is 12.5. The first-order valence-electron chi connectivity index (χ1n) is 8.18. The Hall–Kier alpha value is -2.48. The van der Waals surface area contributed by atoms with Crippen LogP contribution in [0.4, 0.5) is 11.4 Å². The molecule has 134 valence electrons. The molecular formula is C20H19Cl2N3O. The summed E-state index contributed by atoms with van der Waals surface area (Å²) < 4.78 is 0. The van der Waals surface area contributed by atoms with Crippen molar-refractivity contribution in [3.8, 4) is 6.07 Å². The summed E-state index contributed by atoms with van der Waals surface area (Å²) in [5, 5.41) is 15.8. The van der Waals surface area contributed by atoms with Crippen molar-refractivity contribution < 1.29 is 4.79 Å². The van der Waals surface area contributed by atoms with Crippen LogP contribution in [0.25, 0.3) is 0 Å². The normalized spacial score (nSPS) is 12.2. The topological polar surface area (TPSA) is 64.9 Å². The Bertz CT molecular complexity index is 872. The van der Waals surface area contributed by atoms with Gasteiger partial charge in [0.15, 0.2) is 0 Å². The third kappa shape index (κ3) is 5.01. The number of halogens is 2. The molecule has 1 amide bonds. The number of nitrogens with zero attached hydrogens (tertiary/aromatic N) is 1. The first-order valence-corrected chi connectivity index (χ1v) is 8.94. The van der Waals surface area contributed by atoms with Crippen LogP contribution in [-0.2, 0) is 4.79 Å². The second kappa shape index (κ2) is 9.28. The van der Waals surface area contributed by atoms with Crippen molar-refractivity contribution >= 4 is 40.5 Å². The third-order valence-corrected chi connectivity index (χ3v) is 4.57. The number of nitriles is 1. The average molecular weight is 388 g/mol. The molecule has 6 heteroatoms. The van der Waals surface area contributed by atoms with Gasteiger partial charge in [0.25, 0.3) is 5.91 Å². The number of rotatable bonds is 6. The van der Waals surface area contributed by atoms with Gasteiger partial charge < -0.3 is 10.6 Å². The largest absolute Gasteiger partial charge is 0.360 e. The molecule has 2 N–H and O–H groups in total. The van der Waals surface area contributed by atoms with E-state index in [1.807, 2.05) is 30.3 Å². The number of anilines is 2. The molecule has 1 atom stereocenters. The van der Waals surface area contributed by atoms with Crippen LogP contribution in [0.5, 0.6) is 0 Å². The number of amides is 1. The lowest BCUT2D eigenvalue weighted by Crippen LogP contribution is -2.15. The van der Waals surface area contributed by atoms with E-state index in [4.69, 9.17) is 23.2 Å². The summed E-state index contributed by atoms with van der Waals surface area (Å²) in [4.78, 5) is 12.3. The number of carbonyl (C=O) groups excluding carboxylic acids is 1. The Morgan fingerprint density at radius 3 is 2.62 bits per heavy atom. The highest BCUT2D eigenvalue weighted by Crippen LogP contribution is 2.27. The van der Waals surface area contributed by atoms with Crippen molar-refractivity contribution in [3.63, 3.8) is 0 Å². The summed E-state index contributed by atoms with van der Waals surface area (Å²) in [6.07, 6.45) is 2.39. The summed E-state index contributed by atoms with van der Waals surface area (Å²) in [6.45, 7) is 4.24. The van der Waals surface area contributed by atoms with E-state index in [2.05, 4.69) is 24.5 Å². The molecule has 0 bridgehead atoms. The summed E-state index contributed by atoms with van der Waals surface area (Å²) in [7, 11) is 0. The lowest BCUT2D eigenvalue weighted by atomic mass is 9.97. The second-order valence-corrected chi connectivity index (χ2v) is 6.63. The van der Waals surface area contributed by atoms with Crippen LogP contribution in [0.3, 0.4) is 0 Å². The maximum atomic E-state index is 12.3. The Labute approximate surface area is 163 Å². The molecule has 0 spiro atoms. The van der Waals surface area contributed by atoms with Gasteiger partial charge >= 0.3 is 0 Å². The lowest BCUT2D eigenvalue weighted by Gasteiger charge is -2.14. The molecule has 0 saturated carbocycles. The Kier molecular flexibility index (Phi) is 7.08.